The van der Waals surface area contributed by atoms with Gasteiger partial charge in [0.1, 0.15) is 0 Å². The van der Waals surface area contributed by atoms with E-state index >= 15 is 0 Å². The van der Waals surface area contributed by atoms with Crippen LogP contribution in [0.4, 0.5) is 0 Å². The molecular weight excluding hydrogens is 813 g/mol. The van der Waals surface area contributed by atoms with Crippen molar-refractivity contribution in [1.82, 2.24) is 49.1 Å². The van der Waals surface area contributed by atoms with Crippen LogP contribution in [-0.4, -0.2) is 61.1 Å². The normalized spacial score (nSPS) is 10.6. The van der Waals surface area contributed by atoms with Crippen molar-refractivity contribution in [2.24, 2.45) is 0 Å². The van der Waals surface area contributed by atoms with E-state index in [1.165, 1.54) is 0 Å². The molecule has 0 saturated heterocycles. The summed E-state index contributed by atoms with van der Waals surface area (Å²) < 4.78 is 75.1. The van der Waals surface area contributed by atoms with Crippen LogP contribution in [0, 0.1) is 30.6 Å². The van der Waals surface area contributed by atoms with Gasteiger partial charge in [0.25, 0.3) is 0 Å². The number of nitrogens with zero attached hydrogens (tertiary/aromatic N) is 11. The van der Waals surface area contributed by atoms with Gasteiger partial charge in [0, 0.05) is 40.5 Å². The van der Waals surface area contributed by atoms with Gasteiger partial charge in [-0.15, -0.1) is 20.5 Å². The van der Waals surface area contributed by atoms with Gasteiger partial charge in [-0.3, -0.25) is 10.1 Å². The second-order valence-electron chi connectivity index (χ2n) is 10.0. The quantitative estimate of drug-likeness (QED) is 0.0917. The number of hydrogen-bond acceptors (Lipinski definition) is 16. The zero-order valence-corrected chi connectivity index (χ0v) is 30.4. The Morgan fingerprint density at radius 2 is 0.836 bits per heavy atom. The van der Waals surface area contributed by atoms with E-state index in [1.807, 2.05) is 131 Å². The van der Waals surface area contributed by atoms with Crippen molar-refractivity contribution in [2.45, 2.75) is 0 Å². The number of para-hydroxylation sites is 2. The molecule has 0 unspecified atom stereocenters. The van der Waals surface area contributed by atoms with Gasteiger partial charge in [0.2, 0.25) is 0 Å². The Morgan fingerprint density at radius 1 is 0.509 bits per heavy atom. The Bertz CT molecular complexity index is 2190. The fraction of sp³-hybridized carbons (Fsp3) is 0.0323. The Balaban J connectivity index is 0.000000218. The van der Waals surface area contributed by atoms with E-state index in [0.717, 1.165) is 52.1 Å². The summed E-state index contributed by atoms with van der Waals surface area (Å²) in [5.41, 5.74) is 2.08. The van der Waals surface area contributed by atoms with Crippen LogP contribution in [-0.2, 0) is 17.1 Å². The summed E-state index contributed by atoms with van der Waals surface area (Å²) >= 11 is 0. The van der Waals surface area contributed by atoms with E-state index in [-0.39, 0.29) is 17.1 Å². The molecule has 286 valence electrons. The number of nitro groups is 1. The van der Waals surface area contributed by atoms with E-state index in [4.69, 9.17) is 47.4 Å². The maximum atomic E-state index is 8.81. The number of benzene rings is 2. The summed E-state index contributed by atoms with van der Waals surface area (Å²) in [7, 11) is -9.00. The van der Waals surface area contributed by atoms with Crippen LogP contribution in [0.2, 0.25) is 0 Å². The number of halogens is 2. The average molecular weight is 838 g/mol. The molecule has 6 heterocycles. The summed E-state index contributed by atoms with van der Waals surface area (Å²) in [6.07, 6.45) is 10.9. The average Bonchev–Trinajstić information content (AvgIpc) is 3.94. The minimum atomic E-state index is -4.94. The molecule has 0 atom stereocenters. The molecule has 0 N–H and O–H groups in total. The van der Waals surface area contributed by atoms with E-state index in [9.17, 15) is 0 Å². The first-order chi connectivity index (χ1) is 25.6. The smallest absolute Gasteiger partial charge is 0.265 e. The SMILES string of the molecule is C[N+](=O)[O-].[Fe+2].[O-][Cl+3]([O-])([O-])[O-].[O-][Cl+3]([O-])([O-])[O-].c1cc(-n2cccn2)nc(-n2ncc3ccccc32)c1.c1cc(-n2cccn2)nc(-n2ncc3ccccc32)c1. The maximum absolute atomic E-state index is 8.81. The molecule has 0 spiro atoms. The third kappa shape index (κ3) is 14.6. The van der Waals surface area contributed by atoms with Crippen molar-refractivity contribution in [3.8, 4) is 23.3 Å². The van der Waals surface area contributed by atoms with E-state index in [1.54, 1.807) is 21.8 Å². The minimum Gasteiger partial charge on any atom is -0.265 e. The van der Waals surface area contributed by atoms with Gasteiger partial charge < -0.3 is 0 Å². The van der Waals surface area contributed by atoms with Crippen LogP contribution in [0.3, 0.4) is 0 Å². The molecule has 8 rings (SSSR count). The zero-order chi connectivity index (χ0) is 39.3. The number of pyridine rings is 2. The molecule has 24 heteroatoms. The molecule has 6 aromatic heterocycles. The molecule has 8 aromatic rings. The second-order valence-corrected chi connectivity index (χ2v) is 11.5. The number of fused-ring (bicyclic) bond motifs is 2. The van der Waals surface area contributed by atoms with Gasteiger partial charge in [0.05, 0.1) is 23.4 Å². The summed E-state index contributed by atoms with van der Waals surface area (Å²) in [6.45, 7) is 0. The van der Waals surface area contributed by atoms with Crippen molar-refractivity contribution >= 4 is 21.8 Å². The summed E-state index contributed by atoms with van der Waals surface area (Å²) in [4.78, 5) is 17.5. The Hall–Kier alpha value is -5.72. The molecule has 0 saturated carbocycles. The minimum absolute atomic E-state index is 0. The van der Waals surface area contributed by atoms with Crippen LogP contribution >= 0.6 is 0 Å². The molecule has 0 aliphatic rings. The van der Waals surface area contributed by atoms with Crippen molar-refractivity contribution < 1.29 is 79.8 Å². The number of hydrogen-bond donors (Lipinski definition) is 0. The molecule has 0 amide bonds. The van der Waals surface area contributed by atoms with Gasteiger partial charge >= 0.3 is 17.1 Å². The van der Waals surface area contributed by atoms with Crippen LogP contribution in [0.15, 0.2) is 134 Å². The van der Waals surface area contributed by atoms with E-state index in [2.05, 4.69) is 30.4 Å². The van der Waals surface area contributed by atoms with E-state index in [0.29, 0.717) is 0 Å². The van der Waals surface area contributed by atoms with Crippen LogP contribution in [0.25, 0.3) is 45.1 Å². The van der Waals surface area contributed by atoms with Gasteiger partial charge in [-0.05, 0) is 48.5 Å². The molecule has 0 aliphatic heterocycles. The molecular formula is C31H25Cl2FeN11O10. The molecule has 21 nitrogen and oxygen atoms in total. The fourth-order valence-electron chi connectivity index (χ4n) is 4.43. The molecule has 0 radical (unpaired) electrons. The monoisotopic (exact) mass is 837 g/mol. The summed E-state index contributed by atoms with van der Waals surface area (Å²) in [5.74, 6) is 3.09. The van der Waals surface area contributed by atoms with Crippen LogP contribution in [0.1, 0.15) is 0 Å². The molecule has 0 aliphatic carbocycles. The number of rotatable bonds is 4. The second kappa shape index (κ2) is 20.1. The molecule has 2 aromatic carbocycles. The van der Waals surface area contributed by atoms with Crippen molar-refractivity contribution in [3.63, 3.8) is 0 Å². The number of aromatic nitrogens is 10. The molecule has 0 bridgehead atoms. The van der Waals surface area contributed by atoms with Crippen molar-refractivity contribution in [2.75, 3.05) is 7.05 Å². The van der Waals surface area contributed by atoms with Gasteiger partial charge in [0.15, 0.2) is 30.3 Å². The Kier molecular flexibility index (Phi) is 16.0. The zero-order valence-electron chi connectivity index (χ0n) is 27.8. The fourth-order valence-corrected chi connectivity index (χ4v) is 4.43. The predicted molar refractivity (Wildman–Crippen MR) is 165 cm³/mol. The van der Waals surface area contributed by atoms with Crippen LogP contribution in [0.5, 0.6) is 0 Å². The van der Waals surface area contributed by atoms with E-state index < -0.39 is 25.4 Å². The topological polar surface area (TPSA) is 325 Å². The van der Waals surface area contributed by atoms with Crippen molar-refractivity contribution in [3.05, 3.63) is 144 Å². The van der Waals surface area contributed by atoms with Crippen molar-refractivity contribution in [1.29, 1.82) is 0 Å². The van der Waals surface area contributed by atoms with Gasteiger partial charge in [-0.1, -0.05) is 48.5 Å². The first-order valence-electron chi connectivity index (χ1n) is 14.7. The maximum Gasteiger partial charge on any atom is 2.00 e. The largest absolute Gasteiger partial charge is 2.00 e. The Labute approximate surface area is 324 Å². The first kappa shape index (κ1) is 43.7. The standard InChI is InChI=1S/2C15H11N5.CH3NO2.2ClHO4.Fe/c2*1-2-6-13-12(5-1)11-17-20(13)15-8-3-7-14(18-15)19-10-4-9-16-19;1-2(3)4;2*2-1(3,4)5;/h2*1-11H;1H3;2*(H,2,3,4,5);/q;;;;;+2/p-2. The predicted octanol–water partition coefficient (Wildman–Crippen LogP) is -4.41. The summed E-state index contributed by atoms with van der Waals surface area (Å²) in [6, 6.07) is 31.5. The van der Waals surface area contributed by atoms with Crippen LogP contribution < -0.4 is 37.3 Å². The third-order valence-electron chi connectivity index (χ3n) is 6.31. The molecule has 55 heavy (non-hydrogen) atoms. The third-order valence-corrected chi connectivity index (χ3v) is 6.31. The van der Waals surface area contributed by atoms with Gasteiger partial charge in [-0.2, -0.15) is 20.4 Å². The Morgan fingerprint density at radius 3 is 1.16 bits per heavy atom. The summed E-state index contributed by atoms with van der Waals surface area (Å²) in [5, 5.41) is 28.2. The molecule has 0 fully saturated rings. The van der Waals surface area contributed by atoms with Gasteiger partial charge in [-0.25, -0.2) is 66.0 Å². The first-order valence-corrected chi connectivity index (χ1v) is 17.2.